The number of nitrogens with one attached hydrogen (secondary N) is 1. The van der Waals surface area contributed by atoms with E-state index in [4.69, 9.17) is 17.0 Å². The van der Waals surface area contributed by atoms with Crippen molar-refractivity contribution in [3.8, 4) is 5.75 Å². The molecule has 28 heavy (non-hydrogen) atoms. The molecule has 1 unspecified atom stereocenters. The molecule has 1 aromatic rings. The zero-order chi connectivity index (χ0) is 19.9. The monoisotopic (exact) mass is 400 g/mol. The number of ether oxygens (including phenoxy) is 1. The van der Waals surface area contributed by atoms with Crippen LogP contribution in [0.2, 0.25) is 0 Å². The molecule has 0 amide bonds. The number of thiocarbonyl (C=S) groups is 1. The number of benzene rings is 1. The first kappa shape index (κ1) is 20.8. The predicted molar refractivity (Wildman–Crippen MR) is 117 cm³/mol. The zero-order valence-electron chi connectivity index (χ0n) is 17.1. The number of ketones is 1. The van der Waals surface area contributed by atoms with E-state index in [0.717, 1.165) is 48.4 Å². The van der Waals surface area contributed by atoms with Gasteiger partial charge in [-0.15, -0.1) is 0 Å². The largest absolute Gasteiger partial charge is 0.493 e. The molecule has 0 saturated heterocycles. The number of Topliss-reactive ketones (excluding diaryl/α,β-unsaturated/α-hetero) is 1. The fraction of sp³-hybridized carbons (Fsp3) is 0.565. The minimum absolute atomic E-state index is 0.214. The maximum Gasteiger partial charge on any atom is 0.173 e. The molecule has 5 heteroatoms. The molecule has 1 aliphatic heterocycles. The highest BCUT2D eigenvalue weighted by Crippen LogP contribution is 2.40. The summed E-state index contributed by atoms with van der Waals surface area (Å²) < 4.78 is 6.14. The molecule has 152 valence electrons. The molecule has 2 aliphatic rings. The lowest BCUT2D eigenvalue weighted by atomic mass is 9.84. The molecular weight excluding hydrogens is 368 g/mol. The van der Waals surface area contributed by atoms with Gasteiger partial charge in [-0.3, -0.25) is 4.79 Å². The van der Waals surface area contributed by atoms with Crippen LogP contribution >= 0.6 is 12.2 Å². The minimum Gasteiger partial charge on any atom is -0.493 e. The zero-order valence-corrected chi connectivity index (χ0v) is 17.9. The highest BCUT2D eigenvalue weighted by Gasteiger charge is 2.37. The van der Waals surface area contributed by atoms with Crippen molar-refractivity contribution in [3.05, 3.63) is 41.1 Å². The van der Waals surface area contributed by atoms with Gasteiger partial charge in [0.2, 0.25) is 0 Å². The van der Waals surface area contributed by atoms with Crippen LogP contribution in [0.3, 0.4) is 0 Å². The van der Waals surface area contributed by atoms with E-state index in [2.05, 4.69) is 30.1 Å². The quantitative estimate of drug-likeness (QED) is 0.450. The van der Waals surface area contributed by atoms with E-state index in [1.165, 1.54) is 25.7 Å². The summed E-state index contributed by atoms with van der Waals surface area (Å²) in [6.45, 7) is 5.79. The van der Waals surface area contributed by atoms with Gasteiger partial charge in [-0.25, -0.2) is 0 Å². The highest BCUT2D eigenvalue weighted by atomic mass is 32.1. The van der Waals surface area contributed by atoms with Crippen molar-refractivity contribution >= 4 is 23.1 Å². The molecule has 0 bridgehead atoms. The molecular formula is C23H32N2O2S. The van der Waals surface area contributed by atoms with Gasteiger partial charge in [-0.2, -0.15) is 0 Å². The average Bonchev–Trinajstić information content (AvgIpc) is 2.70. The molecule has 1 aliphatic carbocycles. The van der Waals surface area contributed by atoms with Crippen LogP contribution in [0.25, 0.3) is 0 Å². The summed E-state index contributed by atoms with van der Waals surface area (Å²) in [4.78, 5) is 14.9. The van der Waals surface area contributed by atoms with E-state index in [9.17, 15) is 4.79 Å². The Balaban J connectivity index is 1.82. The van der Waals surface area contributed by atoms with Gasteiger partial charge in [0.25, 0.3) is 0 Å². The number of hydrogen-bond donors (Lipinski definition) is 1. The van der Waals surface area contributed by atoms with Gasteiger partial charge in [0.15, 0.2) is 10.9 Å². The predicted octanol–water partition coefficient (Wildman–Crippen LogP) is 5.29. The van der Waals surface area contributed by atoms with E-state index in [1.54, 1.807) is 0 Å². The van der Waals surface area contributed by atoms with Gasteiger partial charge < -0.3 is 15.0 Å². The highest BCUT2D eigenvalue weighted by molar-refractivity contribution is 7.80. The smallest absolute Gasteiger partial charge is 0.173 e. The fourth-order valence-electron chi connectivity index (χ4n) is 4.16. The van der Waals surface area contributed by atoms with Crippen molar-refractivity contribution in [2.75, 3.05) is 13.2 Å². The van der Waals surface area contributed by atoms with Crippen molar-refractivity contribution in [3.63, 3.8) is 0 Å². The molecule has 0 aromatic heterocycles. The van der Waals surface area contributed by atoms with Gasteiger partial charge in [0, 0.05) is 29.8 Å². The van der Waals surface area contributed by atoms with E-state index in [-0.39, 0.29) is 11.8 Å². The molecule has 0 fully saturated rings. The number of allylic oxidation sites excluding steroid dienone is 1. The second kappa shape index (κ2) is 10.1. The first-order valence-electron chi connectivity index (χ1n) is 10.7. The van der Waals surface area contributed by atoms with Crippen LogP contribution < -0.4 is 10.1 Å². The lowest BCUT2D eigenvalue weighted by Crippen LogP contribution is -2.49. The molecule has 0 spiro atoms. The van der Waals surface area contributed by atoms with Gasteiger partial charge in [0.1, 0.15) is 5.75 Å². The summed E-state index contributed by atoms with van der Waals surface area (Å²) in [6, 6.07) is 7.85. The molecule has 3 rings (SSSR count). The number of para-hydroxylation sites is 1. The van der Waals surface area contributed by atoms with Crippen LogP contribution in [-0.2, 0) is 4.79 Å². The van der Waals surface area contributed by atoms with Gasteiger partial charge in [0.05, 0.1) is 12.6 Å². The lowest BCUT2D eigenvalue weighted by Gasteiger charge is -2.40. The van der Waals surface area contributed by atoms with E-state index >= 15 is 0 Å². The number of rotatable bonds is 9. The van der Waals surface area contributed by atoms with Crippen molar-refractivity contribution in [2.24, 2.45) is 0 Å². The van der Waals surface area contributed by atoms with Crippen LogP contribution in [0.15, 0.2) is 35.5 Å². The third-order valence-corrected chi connectivity index (χ3v) is 5.95. The maximum absolute atomic E-state index is 12.8. The van der Waals surface area contributed by atoms with Crippen LogP contribution in [0.1, 0.15) is 76.8 Å². The lowest BCUT2D eigenvalue weighted by molar-refractivity contribution is -0.116. The summed E-state index contributed by atoms with van der Waals surface area (Å²) in [7, 11) is 0. The number of carbonyl (C=O) groups excluding carboxylic acids is 1. The van der Waals surface area contributed by atoms with Crippen molar-refractivity contribution in [2.45, 2.75) is 71.3 Å². The van der Waals surface area contributed by atoms with Crippen LogP contribution in [-0.4, -0.2) is 28.9 Å². The van der Waals surface area contributed by atoms with E-state index < -0.39 is 0 Å². The third kappa shape index (κ3) is 4.57. The molecule has 0 saturated carbocycles. The molecule has 4 nitrogen and oxygen atoms in total. The number of carbonyl (C=O) groups is 1. The van der Waals surface area contributed by atoms with Crippen LogP contribution in [0, 0.1) is 0 Å². The topological polar surface area (TPSA) is 41.6 Å². The number of unbranched alkanes of at least 4 members (excludes halogenated alkanes) is 4. The second-order valence-corrected chi connectivity index (χ2v) is 7.95. The van der Waals surface area contributed by atoms with Crippen molar-refractivity contribution in [1.82, 2.24) is 10.2 Å². The Hall–Kier alpha value is -1.88. The Morgan fingerprint density at radius 1 is 1.14 bits per heavy atom. The molecule has 0 radical (unpaired) electrons. The average molecular weight is 401 g/mol. The standard InChI is InChI=1S/C23H32N2O2S/c1-3-5-6-7-10-16-27-20-15-9-8-12-17(20)22-21-18(13-11-14-19(21)26)25(4-2)23(28)24-22/h8-9,12,15,22H,3-7,10-11,13-14,16H2,1-2H3,(H,24,28). The fourth-order valence-corrected chi connectivity index (χ4v) is 4.51. The summed E-state index contributed by atoms with van der Waals surface area (Å²) >= 11 is 5.63. The SMILES string of the molecule is CCCCCCCOc1ccccc1C1NC(=S)N(CC)C2=C1C(=O)CCC2. The summed E-state index contributed by atoms with van der Waals surface area (Å²) in [5, 5.41) is 4.12. The van der Waals surface area contributed by atoms with Crippen LogP contribution in [0.5, 0.6) is 5.75 Å². The van der Waals surface area contributed by atoms with Crippen molar-refractivity contribution < 1.29 is 9.53 Å². The van der Waals surface area contributed by atoms with E-state index in [1.807, 2.05) is 18.2 Å². The molecule has 1 atom stereocenters. The summed E-state index contributed by atoms with van der Waals surface area (Å²) in [5.41, 5.74) is 2.99. The number of hydrogen-bond acceptors (Lipinski definition) is 3. The molecule has 1 heterocycles. The Morgan fingerprint density at radius 3 is 2.71 bits per heavy atom. The maximum atomic E-state index is 12.8. The van der Waals surface area contributed by atoms with Gasteiger partial charge >= 0.3 is 0 Å². The normalized spacial score (nSPS) is 19.5. The first-order valence-corrected chi connectivity index (χ1v) is 11.1. The molecule has 1 aromatic carbocycles. The third-order valence-electron chi connectivity index (χ3n) is 5.61. The Labute approximate surface area is 174 Å². The summed E-state index contributed by atoms with van der Waals surface area (Å²) in [6.07, 6.45) is 8.47. The second-order valence-electron chi connectivity index (χ2n) is 7.56. The summed E-state index contributed by atoms with van der Waals surface area (Å²) in [5.74, 6) is 1.09. The molecule has 1 N–H and O–H groups in total. The Kier molecular flexibility index (Phi) is 7.49. The first-order chi connectivity index (χ1) is 13.7. The Morgan fingerprint density at radius 2 is 1.93 bits per heavy atom. The van der Waals surface area contributed by atoms with Gasteiger partial charge in [-0.1, -0.05) is 50.8 Å². The van der Waals surface area contributed by atoms with E-state index in [0.29, 0.717) is 18.1 Å². The van der Waals surface area contributed by atoms with Crippen LogP contribution in [0.4, 0.5) is 0 Å². The number of nitrogens with zero attached hydrogens (tertiary/aromatic N) is 1. The Bertz CT molecular complexity index is 744. The van der Waals surface area contributed by atoms with Gasteiger partial charge in [-0.05, 0) is 44.5 Å². The minimum atomic E-state index is -0.214. The van der Waals surface area contributed by atoms with Crippen molar-refractivity contribution in [1.29, 1.82) is 0 Å².